The molecule has 0 spiro atoms. The van der Waals surface area contributed by atoms with Gasteiger partial charge in [0.05, 0.1) is 14.2 Å². The quantitative estimate of drug-likeness (QED) is 0.472. The molecule has 0 radical (unpaired) electrons. The fourth-order valence-corrected chi connectivity index (χ4v) is 2.67. The minimum Gasteiger partial charge on any atom is -0.497 e. The van der Waals surface area contributed by atoms with Crippen LogP contribution in [-0.4, -0.2) is 59.4 Å². The van der Waals surface area contributed by atoms with E-state index in [1.165, 1.54) is 0 Å². The maximum absolute atomic E-state index is 5.80. The summed E-state index contributed by atoms with van der Waals surface area (Å²) in [5.74, 6) is 3.12. The fourth-order valence-electron chi connectivity index (χ4n) is 2.67. The molecule has 0 heterocycles. The van der Waals surface area contributed by atoms with Crippen LogP contribution in [0.15, 0.2) is 47.5 Å². The van der Waals surface area contributed by atoms with E-state index in [2.05, 4.69) is 26.6 Å². The van der Waals surface area contributed by atoms with Crippen LogP contribution in [0.3, 0.4) is 0 Å². The summed E-state index contributed by atoms with van der Waals surface area (Å²) in [5, 5.41) is 6.64. The Morgan fingerprint density at radius 1 is 0.966 bits per heavy atom. The van der Waals surface area contributed by atoms with Crippen molar-refractivity contribution in [2.45, 2.75) is 13.1 Å². The van der Waals surface area contributed by atoms with Crippen molar-refractivity contribution in [1.82, 2.24) is 15.5 Å². The third kappa shape index (κ3) is 7.54. The summed E-state index contributed by atoms with van der Waals surface area (Å²) in [4.78, 5) is 6.39. The van der Waals surface area contributed by atoms with Crippen molar-refractivity contribution >= 4 is 5.96 Å². The predicted octanol–water partition coefficient (Wildman–Crippen LogP) is 2.51. The van der Waals surface area contributed by atoms with Crippen LogP contribution < -0.4 is 24.8 Å². The first-order valence-electron chi connectivity index (χ1n) is 9.57. The molecule has 2 N–H and O–H groups in total. The topological polar surface area (TPSA) is 67.4 Å². The van der Waals surface area contributed by atoms with Crippen molar-refractivity contribution in [3.8, 4) is 17.2 Å². The van der Waals surface area contributed by atoms with Gasteiger partial charge < -0.3 is 29.7 Å². The molecule has 0 saturated heterocycles. The number of ether oxygens (including phenoxy) is 3. The molecule has 0 bridgehead atoms. The van der Waals surface area contributed by atoms with Gasteiger partial charge in [0, 0.05) is 38.3 Å². The number of guanidine groups is 1. The lowest BCUT2D eigenvalue weighted by Gasteiger charge is -2.15. The van der Waals surface area contributed by atoms with Crippen molar-refractivity contribution < 1.29 is 14.2 Å². The summed E-state index contributed by atoms with van der Waals surface area (Å²) in [6.45, 7) is 2.77. The molecule has 0 aliphatic heterocycles. The summed E-state index contributed by atoms with van der Waals surface area (Å²) >= 11 is 0. The van der Waals surface area contributed by atoms with Gasteiger partial charge in [-0.05, 0) is 43.9 Å². The first kappa shape index (κ1) is 22.4. The van der Waals surface area contributed by atoms with Gasteiger partial charge in [0.1, 0.15) is 23.9 Å². The summed E-state index contributed by atoms with van der Waals surface area (Å²) in [7, 11) is 9.11. The van der Waals surface area contributed by atoms with Gasteiger partial charge in [-0.1, -0.05) is 12.1 Å². The maximum atomic E-state index is 5.80. The number of aliphatic imine (C=N–C) groups is 1. The van der Waals surface area contributed by atoms with Gasteiger partial charge in [-0.15, -0.1) is 0 Å². The minimum atomic E-state index is 0.584. The van der Waals surface area contributed by atoms with E-state index in [4.69, 9.17) is 14.2 Å². The zero-order valence-electron chi connectivity index (χ0n) is 18.0. The first-order valence-corrected chi connectivity index (χ1v) is 9.57. The lowest BCUT2D eigenvalue weighted by molar-refractivity contribution is 0.261. The summed E-state index contributed by atoms with van der Waals surface area (Å²) in [6, 6.07) is 13.8. The molecule has 0 amide bonds. The monoisotopic (exact) mass is 400 g/mol. The number of rotatable bonds is 10. The van der Waals surface area contributed by atoms with E-state index in [1.54, 1.807) is 21.3 Å². The zero-order valence-corrected chi connectivity index (χ0v) is 18.0. The van der Waals surface area contributed by atoms with Crippen LogP contribution in [0.1, 0.15) is 11.1 Å². The number of nitrogens with zero attached hydrogens (tertiary/aromatic N) is 2. The summed E-state index contributed by atoms with van der Waals surface area (Å²) in [5.41, 5.74) is 2.14. The van der Waals surface area contributed by atoms with Gasteiger partial charge in [-0.25, -0.2) is 0 Å². The fraction of sp³-hybridized carbons (Fsp3) is 0.409. The van der Waals surface area contributed by atoms with Crippen LogP contribution >= 0.6 is 0 Å². The average Bonchev–Trinajstić information content (AvgIpc) is 2.74. The standard InChI is InChI=1S/C22H32N4O3/c1-23-22(25-16-18-9-10-19(27-4)14-21(18)28-5)24-15-17-7-6-8-20(13-17)29-12-11-26(2)3/h6-10,13-14H,11-12,15-16H2,1-5H3,(H2,23,24,25). The van der Waals surface area contributed by atoms with Crippen molar-refractivity contribution in [2.75, 3.05) is 48.5 Å². The van der Waals surface area contributed by atoms with Crippen LogP contribution in [0.25, 0.3) is 0 Å². The van der Waals surface area contributed by atoms with E-state index in [-0.39, 0.29) is 0 Å². The highest BCUT2D eigenvalue weighted by atomic mass is 16.5. The Labute approximate surface area is 173 Å². The van der Waals surface area contributed by atoms with E-state index in [9.17, 15) is 0 Å². The second-order valence-electron chi connectivity index (χ2n) is 6.76. The maximum Gasteiger partial charge on any atom is 0.191 e. The van der Waals surface area contributed by atoms with Gasteiger partial charge in [0.15, 0.2) is 5.96 Å². The van der Waals surface area contributed by atoms with E-state index in [0.717, 1.165) is 34.9 Å². The molecule has 158 valence electrons. The second kappa shape index (κ2) is 11.8. The Morgan fingerprint density at radius 2 is 1.76 bits per heavy atom. The molecular formula is C22H32N4O3. The predicted molar refractivity (Wildman–Crippen MR) is 117 cm³/mol. The third-order valence-corrected chi connectivity index (χ3v) is 4.33. The number of benzene rings is 2. The van der Waals surface area contributed by atoms with E-state index in [0.29, 0.717) is 25.7 Å². The SMILES string of the molecule is CN=C(NCc1cccc(OCCN(C)C)c1)NCc1ccc(OC)cc1OC. The van der Waals surface area contributed by atoms with Crippen molar-refractivity contribution in [3.63, 3.8) is 0 Å². The number of hydrogen-bond acceptors (Lipinski definition) is 5. The average molecular weight is 401 g/mol. The highest BCUT2D eigenvalue weighted by Gasteiger charge is 2.06. The Balaban J connectivity index is 1.88. The Bertz CT molecular complexity index is 793. The molecule has 7 nitrogen and oxygen atoms in total. The molecule has 0 aromatic heterocycles. The third-order valence-electron chi connectivity index (χ3n) is 4.33. The lowest BCUT2D eigenvalue weighted by atomic mass is 10.2. The largest absolute Gasteiger partial charge is 0.497 e. The molecule has 2 aromatic carbocycles. The van der Waals surface area contributed by atoms with Crippen LogP contribution in [0.4, 0.5) is 0 Å². The molecule has 29 heavy (non-hydrogen) atoms. The van der Waals surface area contributed by atoms with Gasteiger partial charge in [0.2, 0.25) is 0 Å². The highest BCUT2D eigenvalue weighted by molar-refractivity contribution is 5.79. The van der Waals surface area contributed by atoms with Crippen molar-refractivity contribution in [3.05, 3.63) is 53.6 Å². The normalized spacial score (nSPS) is 11.3. The molecular weight excluding hydrogens is 368 g/mol. The van der Waals surface area contributed by atoms with Crippen molar-refractivity contribution in [1.29, 1.82) is 0 Å². The zero-order chi connectivity index (χ0) is 21.1. The molecule has 0 aliphatic carbocycles. The van der Waals surface area contributed by atoms with Crippen LogP contribution in [0.2, 0.25) is 0 Å². The van der Waals surface area contributed by atoms with E-state index in [1.807, 2.05) is 50.5 Å². The van der Waals surface area contributed by atoms with Gasteiger partial charge in [-0.3, -0.25) is 4.99 Å². The highest BCUT2D eigenvalue weighted by Crippen LogP contribution is 2.24. The molecule has 2 aromatic rings. The van der Waals surface area contributed by atoms with E-state index < -0.39 is 0 Å². The molecule has 2 rings (SSSR count). The Morgan fingerprint density at radius 3 is 2.45 bits per heavy atom. The second-order valence-corrected chi connectivity index (χ2v) is 6.76. The van der Waals surface area contributed by atoms with Gasteiger partial charge in [0.25, 0.3) is 0 Å². The molecule has 0 aliphatic rings. The van der Waals surface area contributed by atoms with Crippen LogP contribution in [-0.2, 0) is 13.1 Å². The molecule has 0 fully saturated rings. The first-order chi connectivity index (χ1) is 14.0. The summed E-state index contributed by atoms with van der Waals surface area (Å²) in [6.07, 6.45) is 0. The molecule has 0 atom stereocenters. The lowest BCUT2D eigenvalue weighted by Crippen LogP contribution is -2.36. The number of nitrogens with one attached hydrogen (secondary N) is 2. The minimum absolute atomic E-state index is 0.584. The number of methoxy groups -OCH3 is 2. The molecule has 7 heteroatoms. The number of likely N-dealkylation sites (N-methyl/N-ethyl adjacent to an activating group) is 1. The smallest absolute Gasteiger partial charge is 0.191 e. The molecule has 0 unspecified atom stereocenters. The molecule has 0 saturated carbocycles. The van der Waals surface area contributed by atoms with E-state index >= 15 is 0 Å². The van der Waals surface area contributed by atoms with Crippen molar-refractivity contribution in [2.24, 2.45) is 4.99 Å². The number of hydrogen-bond donors (Lipinski definition) is 2. The Hall–Kier alpha value is -2.93. The van der Waals surface area contributed by atoms with Gasteiger partial charge in [-0.2, -0.15) is 0 Å². The van der Waals surface area contributed by atoms with Crippen LogP contribution in [0, 0.1) is 0 Å². The van der Waals surface area contributed by atoms with Gasteiger partial charge >= 0.3 is 0 Å². The van der Waals surface area contributed by atoms with Crippen LogP contribution in [0.5, 0.6) is 17.2 Å². The summed E-state index contributed by atoms with van der Waals surface area (Å²) < 4.78 is 16.5. The Kier molecular flexibility index (Phi) is 9.11.